The number of aromatic nitrogens is 2. The van der Waals surface area contributed by atoms with Crippen molar-refractivity contribution in [3.05, 3.63) is 65.9 Å². The van der Waals surface area contributed by atoms with Gasteiger partial charge in [0.1, 0.15) is 5.82 Å². The summed E-state index contributed by atoms with van der Waals surface area (Å²) in [6.07, 6.45) is 0. The molecule has 0 aliphatic carbocycles. The molecule has 0 spiro atoms. The first-order valence-electron chi connectivity index (χ1n) is 9.39. The zero-order valence-electron chi connectivity index (χ0n) is 17.1. The van der Waals surface area contributed by atoms with Crippen molar-refractivity contribution in [3.63, 3.8) is 0 Å². The summed E-state index contributed by atoms with van der Waals surface area (Å²) in [5.74, 6) is 0.833. The summed E-state index contributed by atoms with van der Waals surface area (Å²) in [6.45, 7) is 4.05. The first-order chi connectivity index (χ1) is 13.9. The van der Waals surface area contributed by atoms with Crippen molar-refractivity contribution < 1.29 is 9.53 Å². The number of benzene rings is 2. The van der Waals surface area contributed by atoms with E-state index in [1.54, 1.807) is 31.2 Å². The molecule has 1 heterocycles. The molecule has 0 saturated heterocycles. The summed E-state index contributed by atoms with van der Waals surface area (Å²) in [4.78, 5) is 22.8. The molecule has 0 amide bonds. The molecule has 3 aromatic rings. The molecular weight excluding hydrogens is 366 g/mol. The Kier molecular flexibility index (Phi) is 6.29. The van der Waals surface area contributed by atoms with Crippen LogP contribution in [-0.4, -0.2) is 36.6 Å². The minimum atomic E-state index is -0.336. The normalized spacial score (nSPS) is 10.3. The molecule has 0 fully saturated rings. The van der Waals surface area contributed by atoms with E-state index in [9.17, 15) is 4.79 Å². The maximum atomic E-state index is 11.8. The number of nitrogens with one attached hydrogen (secondary N) is 2. The highest BCUT2D eigenvalue weighted by atomic mass is 16.5. The zero-order valence-corrected chi connectivity index (χ0v) is 17.1. The van der Waals surface area contributed by atoms with Crippen LogP contribution in [0.4, 0.5) is 28.8 Å². The molecule has 2 N–H and O–H groups in total. The topological polar surface area (TPSA) is 79.4 Å². The highest BCUT2D eigenvalue weighted by Gasteiger charge is 2.07. The van der Waals surface area contributed by atoms with E-state index in [1.165, 1.54) is 0 Å². The molecule has 7 nitrogen and oxygen atoms in total. The van der Waals surface area contributed by atoms with Gasteiger partial charge in [-0.25, -0.2) is 9.78 Å². The predicted molar refractivity (Wildman–Crippen MR) is 117 cm³/mol. The number of nitrogens with zero attached hydrogens (tertiary/aromatic N) is 3. The molecule has 150 valence electrons. The molecular formula is C22H25N5O2. The van der Waals surface area contributed by atoms with Gasteiger partial charge in [-0.2, -0.15) is 4.98 Å². The largest absolute Gasteiger partial charge is 0.462 e. The van der Waals surface area contributed by atoms with Crippen LogP contribution in [0.3, 0.4) is 0 Å². The van der Waals surface area contributed by atoms with Gasteiger partial charge < -0.3 is 20.3 Å². The number of rotatable bonds is 7. The van der Waals surface area contributed by atoms with Crippen molar-refractivity contribution in [1.82, 2.24) is 9.97 Å². The van der Waals surface area contributed by atoms with Crippen molar-refractivity contribution >= 4 is 34.8 Å². The van der Waals surface area contributed by atoms with Crippen LogP contribution < -0.4 is 15.5 Å². The number of carbonyl (C=O) groups is 1. The van der Waals surface area contributed by atoms with E-state index in [2.05, 4.69) is 20.6 Å². The third-order valence-corrected chi connectivity index (χ3v) is 4.16. The van der Waals surface area contributed by atoms with Gasteiger partial charge in [-0.3, -0.25) is 0 Å². The summed E-state index contributed by atoms with van der Waals surface area (Å²) in [5.41, 5.74) is 4.19. The molecule has 7 heteroatoms. The summed E-state index contributed by atoms with van der Waals surface area (Å²) < 4.78 is 5.00. The van der Waals surface area contributed by atoms with E-state index in [4.69, 9.17) is 4.74 Å². The van der Waals surface area contributed by atoms with Crippen LogP contribution in [0, 0.1) is 6.92 Å². The number of anilines is 5. The minimum absolute atomic E-state index is 0.336. The monoisotopic (exact) mass is 391 g/mol. The van der Waals surface area contributed by atoms with Crippen LogP contribution in [0.5, 0.6) is 0 Å². The summed E-state index contributed by atoms with van der Waals surface area (Å²) in [6, 6.07) is 17.0. The smallest absolute Gasteiger partial charge is 0.338 e. The molecule has 0 radical (unpaired) electrons. The summed E-state index contributed by atoms with van der Waals surface area (Å²) in [5, 5.41) is 6.48. The second-order valence-electron chi connectivity index (χ2n) is 6.71. The molecule has 0 bridgehead atoms. The molecule has 2 aromatic carbocycles. The maximum absolute atomic E-state index is 11.8. The second-order valence-corrected chi connectivity index (χ2v) is 6.71. The first-order valence-corrected chi connectivity index (χ1v) is 9.39. The predicted octanol–water partition coefficient (Wildman–Crippen LogP) is 4.51. The molecule has 0 atom stereocenters. The van der Waals surface area contributed by atoms with Gasteiger partial charge in [0.15, 0.2) is 0 Å². The van der Waals surface area contributed by atoms with E-state index >= 15 is 0 Å². The van der Waals surface area contributed by atoms with Gasteiger partial charge in [0.25, 0.3) is 0 Å². The summed E-state index contributed by atoms with van der Waals surface area (Å²) >= 11 is 0. The van der Waals surface area contributed by atoms with Gasteiger partial charge in [0.2, 0.25) is 5.95 Å². The number of ether oxygens (including phenoxy) is 1. The van der Waals surface area contributed by atoms with Crippen LogP contribution in [0.1, 0.15) is 23.0 Å². The number of hydrogen-bond donors (Lipinski definition) is 2. The Balaban J connectivity index is 1.72. The van der Waals surface area contributed by atoms with Crippen molar-refractivity contribution in [1.29, 1.82) is 0 Å². The number of carbonyl (C=O) groups excluding carboxylic acids is 1. The molecule has 0 aliphatic rings. The maximum Gasteiger partial charge on any atom is 0.338 e. The SMILES string of the molecule is CCOC(=O)c1ccc(Nc2nc(C)cc(Nc3ccc(N(C)C)cc3)n2)cc1. The van der Waals surface area contributed by atoms with Gasteiger partial charge in [-0.1, -0.05) is 0 Å². The average Bonchev–Trinajstić information content (AvgIpc) is 2.68. The van der Waals surface area contributed by atoms with Crippen molar-refractivity contribution in [2.45, 2.75) is 13.8 Å². The van der Waals surface area contributed by atoms with Crippen molar-refractivity contribution in [3.8, 4) is 0 Å². The van der Waals surface area contributed by atoms with Crippen LogP contribution >= 0.6 is 0 Å². The fourth-order valence-electron chi connectivity index (χ4n) is 2.71. The fraction of sp³-hybridized carbons (Fsp3) is 0.227. The Morgan fingerprint density at radius 1 is 0.966 bits per heavy atom. The van der Waals surface area contributed by atoms with Crippen LogP contribution in [0.15, 0.2) is 54.6 Å². The lowest BCUT2D eigenvalue weighted by Crippen LogP contribution is -2.08. The lowest BCUT2D eigenvalue weighted by Gasteiger charge is -2.14. The van der Waals surface area contributed by atoms with E-state index in [-0.39, 0.29) is 5.97 Å². The van der Waals surface area contributed by atoms with Crippen LogP contribution in [0.2, 0.25) is 0 Å². The Labute approximate surface area is 170 Å². The van der Waals surface area contributed by atoms with Gasteiger partial charge in [-0.15, -0.1) is 0 Å². The van der Waals surface area contributed by atoms with Gasteiger partial charge >= 0.3 is 5.97 Å². The molecule has 0 unspecified atom stereocenters. The summed E-state index contributed by atoms with van der Waals surface area (Å²) in [7, 11) is 4.01. The van der Waals surface area contributed by atoms with Gasteiger partial charge in [0.05, 0.1) is 12.2 Å². The Morgan fingerprint density at radius 2 is 1.59 bits per heavy atom. The number of hydrogen-bond acceptors (Lipinski definition) is 7. The van der Waals surface area contributed by atoms with Crippen LogP contribution in [0.25, 0.3) is 0 Å². The Morgan fingerprint density at radius 3 is 2.21 bits per heavy atom. The molecule has 3 rings (SSSR count). The van der Waals surface area contributed by atoms with E-state index in [0.717, 1.165) is 22.8 Å². The van der Waals surface area contributed by atoms with E-state index in [0.29, 0.717) is 23.9 Å². The molecule has 0 saturated carbocycles. The Bertz CT molecular complexity index is 969. The van der Waals surface area contributed by atoms with Gasteiger partial charge in [0, 0.05) is 42.9 Å². The van der Waals surface area contributed by atoms with E-state index in [1.807, 2.05) is 56.3 Å². The second kappa shape index (κ2) is 9.05. The first kappa shape index (κ1) is 20.1. The third-order valence-electron chi connectivity index (χ3n) is 4.16. The standard InChI is InChI=1S/C22H25N5O2/c1-5-29-21(28)16-6-8-18(9-7-16)25-22-23-15(2)14-20(26-22)24-17-10-12-19(13-11-17)27(3)4/h6-14H,5H2,1-4H3,(H2,23,24,25,26). The molecule has 1 aromatic heterocycles. The highest BCUT2D eigenvalue weighted by Crippen LogP contribution is 2.21. The zero-order chi connectivity index (χ0) is 20.8. The lowest BCUT2D eigenvalue weighted by atomic mass is 10.2. The third kappa shape index (κ3) is 5.44. The minimum Gasteiger partial charge on any atom is -0.462 e. The molecule has 29 heavy (non-hydrogen) atoms. The van der Waals surface area contributed by atoms with Gasteiger partial charge in [-0.05, 0) is 62.4 Å². The molecule has 0 aliphatic heterocycles. The lowest BCUT2D eigenvalue weighted by molar-refractivity contribution is 0.0526. The van der Waals surface area contributed by atoms with E-state index < -0.39 is 0 Å². The van der Waals surface area contributed by atoms with Crippen LogP contribution in [-0.2, 0) is 4.74 Å². The highest BCUT2D eigenvalue weighted by molar-refractivity contribution is 5.89. The number of esters is 1. The number of aryl methyl sites for hydroxylation is 1. The van der Waals surface area contributed by atoms with Crippen molar-refractivity contribution in [2.24, 2.45) is 0 Å². The van der Waals surface area contributed by atoms with Crippen molar-refractivity contribution in [2.75, 3.05) is 36.2 Å². The quantitative estimate of drug-likeness (QED) is 0.574. The fourth-order valence-corrected chi connectivity index (χ4v) is 2.71. The average molecular weight is 391 g/mol. The Hall–Kier alpha value is -3.61.